The van der Waals surface area contributed by atoms with E-state index in [4.69, 9.17) is 0 Å². The fourth-order valence-corrected chi connectivity index (χ4v) is 3.18. The molecular weight excluding hydrogens is 196 g/mol. The second-order valence-corrected chi connectivity index (χ2v) is 5.11. The molecule has 0 spiro atoms. The monoisotopic (exact) mass is 218 g/mol. The summed E-state index contributed by atoms with van der Waals surface area (Å²) in [5.74, 6) is 0.937. The van der Waals surface area contributed by atoms with Gasteiger partial charge in [0.25, 0.3) is 0 Å². The van der Waals surface area contributed by atoms with Gasteiger partial charge in [0, 0.05) is 24.4 Å². The van der Waals surface area contributed by atoms with Gasteiger partial charge in [-0.05, 0) is 43.5 Å². The molecule has 1 aromatic rings. The molecule has 1 aliphatic rings. The topological polar surface area (TPSA) is 24.9 Å². The summed E-state index contributed by atoms with van der Waals surface area (Å²) in [6.07, 6.45) is 9.21. The van der Waals surface area contributed by atoms with E-state index in [-0.39, 0.29) is 0 Å². The minimum absolute atomic E-state index is 0.386. The van der Waals surface area contributed by atoms with Gasteiger partial charge in [-0.25, -0.2) is 0 Å². The minimum Gasteiger partial charge on any atom is -0.319 e. The highest BCUT2D eigenvalue weighted by Gasteiger charge is 2.44. The third-order valence-corrected chi connectivity index (χ3v) is 3.86. The van der Waals surface area contributed by atoms with E-state index in [9.17, 15) is 0 Å². The summed E-state index contributed by atoms with van der Waals surface area (Å²) in [5, 5.41) is 3.35. The maximum atomic E-state index is 4.11. The average Bonchev–Trinajstić information content (AvgIpc) is 2.27. The predicted octanol–water partition coefficient (Wildman–Crippen LogP) is 2.75. The molecule has 1 N–H and O–H groups in total. The Bertz CT molecular complexity index is 315. The van der Waals surface area contributed by atoms with Crippen LogP contribution in [0.15, 0.2) is 24.5 Å². The maximum absolute atomic E-state index is 4.11. The van der Waals surface area contributed by atoms with Crippen molar-refractivity contribution in [2.45, 2.75) is 38.0 Å². The van der Waals surface area contributed by atoms with Crippen LogP contribution in [0.4, 0.5) is 0 Å². The lowest BCUT2D eigenvalue weighted by atomic mass is 9.57. The smallest absolute Gasteiger partial charge is 0.0270 e. The Labute approximate surface area is 98.5 Å². The number of hydrogen-bond acceptors (Lipinski definition) is 2. The zero-order valence-corrected chi connectivity index (χ0v) is 10.4. The van der Waals surface area contributed by atoms with Crippen LogP contribution in [-0.4, -0.2) is 18.6 Å². The molecule has 88 valence electrons. The number of rotatable bonds is 5. The average molecular weight is 218 g/mol. The maximum Gasteiger partial charge on any atom is 0.0270 e. The summed E-state index contributed by atoms with van der Waals surface area (Å²) in [5.41, 5.74) is 1.85. The number of pyridine rings is 1. The Morgan fingerprint density at radius 2 is 2.06 bits per heavy atom. The first-order valence-electron chi connectivity index (χ1n) is 6.36. The van der Waals surface area contributed by atoms with Crippen LogP contribution < -0.4 is 5.32 Å². The molecule has 2 nitrogen and oxygen atoms in total. The van der Waals surface area contributed by atoms with Gasteiger partial charge < -0.3 is 5.32 Å². The second-order valence-electron chi connectivity index (χ2n) is 5.11. The van der Waals surface area contributed by atoms with E-state index in [1.165, 1.54) is 31.2 Å². The Balaban J connectivity index is 2.08. The summed E-state index contributed by atoms with van der Waals surface area (Å²) >= 11 is 0. The molecule has 0 bridgehead atoms. The zero-order valence-electron chi connectivity index (χ0n) is 10.4. The van der Waals surface area contributed by atoms with Crippen molar-refractivity contribution in [2.24, 2.45) is 5.92 Å². The molecule has 0 amide bonds. The largest absolute Gasteiger partial charge is 0.319 e. The van der Waals surface area contributed by atoms with Gasteiger partial charge in [0.1, 0.15) is 0 Å². The number of aromatic nitrogens is 1. The van der Waals surface area contributed by atoms with Crippen molar-refractivity contribution in [3.8, 4) is 0 Å². The van der Waals surface area contributed by atoms with Crippen molar-refractivity contribution >= 4 is 0 Å². The Kier molecular flexibility index (Phi) is 3.59. The minimum atomic E-state index is 0.386. The molecule has 0 aliphatic heterocycles. The summed E-state index contributed by atoms with van der Waals surface area (Å²) < 4.78 is 0. The van der Waals surface area contributed by atoms with Gasteiger partial charge in [-0.2, -0.15) is 0 Å². The van der Waals surface area contributed by atoms with Crippen LogP contribution in [-0.2, 0) is 5.41 Å². The van der Waals surface area contributed by atoms with Gasteiger partial charge in [-0.1, -0.05) is 19.8 Å². The normalized spacial score (nSPS) is 28.8. The van der Waals surface area contributed by atoms with Crippen molar-refractivity contribution in [3.63, 3.8) is 0 Å². The molecule has 0 aromatic carbocycles. The first-order valence-corrected chi connectivity index (χ1v) is 6.36. The molecule has 0 radical (unpaired) electrons. The van der Waals surface area contributed by atoms with Gasteiger partial charge in [0.2, 0.25) is 0 Å². The van der Waals surface area contributed by atoms with E-state index >= 15 is 0 Å². The number of likely N-dealkylation sites (N-methyl/N-ethyl adjacent to an activating group) is 1. The van der Waals surface area contributed by atoms with Crippen molar-refractivity contribution < 1.29 is 0 Å². The molecule has 0 unspecified atom stereocenters. The van der Waals surface area contributed by atoms with Gasteiger partial charge in [-0.3, -0.25) is 4.98 Å². The SMILES string of the molecule is CCCC1CC(CNC)(c2ccncc2)C1. The van der Waals surface area contributed by atoms with E-state index in [0.29, 0.717) is 5.41 Å². The first-order chi connectivity index (χ1) is 7.80. The predicted molar refractivity (Wildman–Crippen MR) is 67.5 cm³/mol. The van der Waals surface area contributed by atoms with Gasteiger partial charge in [-0.15, -0.1) is 0 Å². The summed E-state index contributed by atoms with van der Waals surface area (Å²) in [4.78, 5) is 4.11. The fraction of sp³-hybridized carbons (Fsp3) is 0.643. The van der Waals surface area contributed by atoms with Crippen molar-refractivity contribution in [1.29, 1.82) is 0 Å². The second kappa shape index (κ2) is 4.96. The van der Waals surface area contributed by atoms with E-state index < -0.39 is 0 Å². The van der Waals surface area contributed by atoms with Crippen LogP contribution in [0.5, 0.6) is 0 Å². The highest BCUT2D eigenvalue weighted by molar-refractivity contribution is 5.27. The summed E-state index contributed by atoms with van der Waals surface area (Å²) in [6.45, 7) is 3.38. The van der Waals surface area contributed by atoms with Gasteiger partial charge in [0.05, 0.1) is 0 Å². The van der Waals surface area contributed by atoms with E-state index in [0.717, 1.165) is 12.5 Å². The summed E-state index contributed by atoms with van der Waals surface area (Å²) in [7, 11) is 2.05. The quantitative estimate of drug-likeness (QED) is 0.822. The first kappa shape index (κ1) is 11.6. The molecule has 0 atom stereocenters. The van der Waals surface area contributed by atoms with Gasteiger partial charge in [0.15, 0.2) is 0 Å². The third kappa shape index (κ3) is 2.12. The van der Waals surface area contributed by atoms with Crippen molar-refractivity contribution in [2.75, 3.05) is 13.6 Å². The molecule has 1 aromatic heterocycles. The lowest BCUT2D eigenvalue weighted by Crippen LogP contribution is -2.47. The van der Waals surface area contributed by atoms with E-state index in [1.807, 2.05) is 12.4 Å². The molecule has 1 fully saturated rings. The van der Waals surface area contributed by atoms with Crippen LogP contribution in [0.2, 0.25) is 0 Å². The lowest BCUT2D eigenvalue weighted by molar-refractivity contribution is 0.131. The van der Waals surface area contributed by atoms with Crippen molar-refractivity contribution in [1.82, 2.24) is 10.3 Å². The van der Waals surface area contributed by atoms with E-state index in [2.05, 4.69) is 36.4 Å². The molecule has 1 heterocycles. The van der Waals surface area contributed by atoms with Crippen molar-refractivity contribution in [3.05, 3.63) is 30.1 Å². The standard InChI is InChI=1S/C14H22N2/c1-3-4-12-9-14(10-12,11-15-2)13-5-7-16-8-6-13/h5-8,12,15H,3-4,9-11H2,1-2H3. The highest BCUT2D eigenvalue weighted by atomic mass is 14.8. The number of nitrogens with zero attached hydrogens (tertiary/aromatic N) is 1. The van der Waals surface area contributed by atoms with Crippen LogP contribution in [0, 0.1) is 5.92 Å². The van der Waals surface area contributed by atoms with Crippen LogP contribution in [0.3, 0.4) is 0 Å². The molecule has 1 saturated carbocycles. The Morgan fingerprint density at radius 1 is 1.38 bits per heavy atom. The molecular formula is C14H22N2. The van der Waals surface area contributed by atoms with E-state index in [1.54, 1.807) is 0 Å². The van der Waals surface area contributed by atoms with Gasteiger partial charge >= 0.3 is 0 Å². The van der Waals surface area contributed by atoms with Crippen LogP contribution in [0.25, 0.3) is 0 Å². The lowest BCUT2D eigenvalue weighted by Gasteiger charge is -2.48. The molecule has 2 heteroatoms. The highest BCUT2D eigenvalue weighted by Crippen LogP contribution is 2.48. The number of nitrogens with one attached hydrogen (secondary N) is 1. The summed E-state index contributed by atoms with van der Waals surface area (Å²) in [6, 6.07) is 4.36. The zero-order chi connectivity index (χ0) is 11.4. The third-order valence-electron chi connectivity index (χ3n) is 3.86. The van der Waals surface area contributed by atoms with Crippen LogP contribution >= 0.6 is 0 Å². The Hall–Kier alpha value is -0.890. The fourth-order valence-electron chi connectivity index (χ4n) is 3.18. The van der Waals surface area contributed by atoms with Crippen LogP contribution in [0.1, 0.15) is 38.2 Å². The molecule has 16 heavy (non-hydrogen) atoms. The molecule has 2 rings (SSSR count). The Morgan fingerprint density at radius 3 is 2.62 bits per heavy atom. The molecule has 1 aliphatic carbocycles. The molecule has 0 saturated heterocycles. The number of hydrogen-bond donors (Lipinski definition) is 1.